The molecule has 1 aromatic carbocycles. The molecule has 0 aliphatic carbocycles. The Balaban J connectivity index is 3.29. The van der Waals surface area contributed by atoms with Gasteiger partial charge in [0.25, 0.3) is 0 Å². The standard InChI is InChI=1S/C9H10Cl2O3S/c1-6(15(11,12)13)8-5-7(10)3-4-9(8)14-2/h3-6H,1-2H3. The van der Waals surface area contributed by atoms with Crippen LogP contribution in [0, 0.1) is 0 Å². The number of hydrogen-bond donors (Lipinski definition) is 0. The van der Waals surface area contributed by atoms with E-state index in [2.05, 4.69) is 0 Å². The van der Waals surface area contributed by atoms with Gasteiger partial charge in [-0.3, -0.25) is 0 Å². The van der Waals surface area contributed by atoms with Crippen LogP contribution < -0.4 is 4.74 Å². The number of methoxy groups -OCH3 is 1. The summed E-state index contributed by atoms with van der Waals surface area (Å²) in [6, 6.07) is 4.76. The first-order valence-electron chi connectivity index (χ1n) is 4.13. The monoisotopic (exact) mass is 268 g/mol. The highest BCUT2D eigenvalue weighted by Crippen LogP contribution is 2.34. The Hall–Kier alpha value is -0.450. The van der Waals surface area contributed by atoms with Crippen molar-refractivity contribution in [1.82, 2.24) is 0 Å². The molecule has 0 spiro atoms. The van der Waals surface area contributed by atoms with Gasteiger partial charge in [0.15, 0.2) is 0 Å². The fourth-order valence-corrected chi connectivity index (χ4v) is 2.13. The Morgan fingerprint density at radius 1 is 1.40 bits per heavy atom. The van der Waals surface area contributed by atoms with E-state index < -0.39 is 14.3 Å². The third kappa shape index (κ3) is 3.00. The highest BCUT2D eigenvalue weighted by Gasteiger charge is 2.23. The molecule has 0 aliphatic heterocycles. The first-order chi connectivity index (χ1) is 6.86. The smallest absolute Gasteiger partial charge is 0.239 e. The average Bonchev–Trinajstić information content (AvgIpc) is 2.15. The molecule has 0 radical (unpaired) electrons. The molecule has 0 aromatic heterocycles. The fourth-order valence-electron chi connectivity index (χ4n) is 1.17. The van der Waals surface area contributed by atoms with Crippen molar-refractivity contribution in [2.24, 2.45) is 0 Å². The molecule has 1 unspecified atom stereocenters. The second-order valence-corrected chi connectivity index (χ2v) is 6.39. The number of halogens is 2. The summed E-state index contributed by atoms with van der Waals surface area (Å²) in [5, 5.41) is -0.411. The summed E-state index contributed by atoms with van der Waals surface area (Å²) in [6.07, 6.45) is 0. The fraction of sp³-hybridized carbons (Fsp3) is 0.333. The van der Waals surface area contributed by atoms with E-state index in [0.29, 0.717) is 16.3 Å². The van der Waals surface area contributed by atoms with Gasteiger partial charge in [-0.1, -0.05) is 11.6 Å². The van der Waals surface area contributed by atoms with Crippen LogP contribution in [0.1, 0.15) is 17.7 Å². The van der Waals surface area contributed by atoms with Crippen molar-refractivity contribution in [2.45, 2.75) is 12.2 Å². The van der Waals surface area contributed by atoms with Crippen LogP contribution in [-0.4, -0.2) is 15.5 Å². The third-order valence-corrected chi connectivity index (χ3v) is 4.19. The lowest BCUT2D eigenvalue weighted by Gasteiger charge is -2.13. The molecule has 0 N–H and O–H groups in total. The number of hydrogen-bond acceptors (Lipinski definition) is 3. The maximum absolute atomic E-state index is 11.2. The van der Waals surface area contributed by atoms with Crippen molar-refractivity contribution in [2.75, 3.05) is 7.11 Å². The summed E-state index contributed by atoms with van der Waals surface area (Å²) in [4.78, 5) is 0. The van der Waals surface area contributed by atoms with E-state index in [9.17, 15) is 8.42 Å². The highest BCUT2D eigenvalue weighted by molar-refractivity contribution is 8.13. The van der Waals surface area contributed by atoms with Gasteiger partial charge >= 0.3 is 0 Å². The summed E-state index contributed by atoms with van der Waals surface area (Å²) in [6.45, 7) is 1.48. The van der Waals surface area contributed by atoms with E-state index in [0.717, 1.165) is 0 Å². The maximum Gasteiger partial charge on any atom is 0.239 e. The minimum Gasteiger partial charge on any atom is -0.496 e. The minimum atomic E-state index is -3.67. The Morgan fingerprint density at radius 3 is 2.47 bits per heavy atom. The molecule has 6 heteroatoms. The summed E-state index contributed by atoms with van der Waals surface area (Å²) in [5.74, 6) is 0.455. The van der Waals surface area contributed by atoms with Crippen LogP contribution in [0.2, 0.25) is 5.02 Å². The van der Waals surface area contributed by atoms with Crippen molar-refractivity contribution >= 4 is 31.3 Å². The number of benzene rings is 1. The molecule has 15 heavy (non-hydrogen) atoms. The molecule has 0 fully saturated rings. The molecule has 1 atom stereocenters. The Labute approximate surface area is 98.4 Å². The van der Waals surface area contributed by atoms with E-state index in [1.807, 2.05) is 0 Å². The average molecular weight is 269 g/mol. The molecule has 0 aliphatic rings. The number of ether oxygens (including phenoxy) is 1. The molecule has 0 saturated heterocycles. The van der Waals surface area contributed by atoms with Gasteiger partial charge < -0.3 is 4.74 Å². The van der Waals surface area contributed by atoms with Gasteiger partial charge in [0.1, 0.15) is 11.0 Å². The first-order valence-corrected chi connectivity index (χ1v) is 6.88. The van der Waals surface area contributed by atoms with E-state index >= 15 is 0 Å². The van der Waals surface area contributed by atoms with Crippen LogP contribution in [0.25, 0.3) is 0 Å². The molecule has 1 aromatic rings. The van der Waals surface area contributed by atoms with Crippen LogP contribution in [0.15, 0.2) is 18.2 Å². The summed E-state index contributed by atoms with van der Waals surface area (Å²) < 4.78 is 27.4. The zero-order valence-electron chi connectivity index (χ0n) is 8.20. The molecule has 1 rings (SSSR count). The molecular weight excluding hydrogens is 259 g/mol. The zero-order chi connectivity index (χ0) is 11.6. The summed E-state index contributed by atoms with van der Waals surface area (Å²) >= 11 is 5.77. The van der Waals surface area contributed by atoms with Crippen molar-refractivity contribution < 1.29 is 13.2 Å². The molecule has 0 saturated carbocycles. The lowest BCUT2D eigenvalue weighted by Crippen LogP contribution is -2.04. The third-order valence-electron chi connectivity index (χ3n) is 2.05. The SMILES string of the molecule is COc1ccc(Cl)cc1C(C)S(=O)(=O)Cl. The summed E-state index contributed by atoms with van der Waals surface area (Å²) in [7, 11) is 3.06. The second-order valence-electron chi connectivity index (χ2n) is 3.00. The van der Waals surface area contributed by atoms with Gasteiger partial charge in [0, 0.05) is 21.3 Å². The lowest BCUT2D eigenvalue weighted by molar-refractivity contribution is 0.409. The molecule has 0 bridgehead atoms. The maximum atomic E-state index is 11.2. The van der Waals surface area contributed by atoms with E-state index in [1.165, 1.54) is 20.1 Å². The molecule has 0 amide bonds. The lowest BCUT2D eigenvalue weighted by atomic mass is 10.1. The van der Waals surface area contributed by atoms with E-state index in [1.54, 1.807) is 12.1 Å². The topological polar surface area (TPSA) is 43.4 Å². The van der Waals surface area contributed by atoms with Crippen LogP contribution in [0.5, 0.6) is 5.75 Å². The van der Waals surface area contributed by atoms with E-state index in [4.69, 9.17) is 27.0 Å². The van der Waals surface area contributed by atoms with Crippen LogP contribution in [0.4, 0.5) is 0 Å². The van der Waals surface area contributed by atoms with Crippen molar-refractivity contribution in [3.63, 3.8) is 0 Å². The van der Waals surface area contributed by atoms with Gasteiger partial charge in [-0.2, -0.15) is 0 Å². The molecule has 84 valence electrons. The quantitative estimate of drug-likeness (QED) is 0.792. The number of rotatable bonds is 3. The Morgan fingerprint density at radius 2 is 2.00 bits per heavy atom. The van der Waals surface area contributed by atoms with E-state index in [-0.39, 0.29) is 0 Å². The minimum absolute atomic E-state index is 0.443. The van der Waals surface area contributed by atoms with Gasteiger partial charge in [-0.25, -0.2) is 8.42 Å². The van der Waals surface area contributed by atoms with Crippen molar-refractivity contribution in [1.29, 1.82) is 0 Å². The molecular formula is C9H10Cl2O3S. The predicted octanol–water partition coefficient (Wildman–Crippen LogP) is 2.98. The second kappa shape index (κ2) is 4.60. The Bertz CT molecular complexity index is 456. The molecule has 0 heterocycles. The van der Waals surface area contributed by atoms with Gasteiger partial charge in [-0.05, 0) is 25.1 Å². The summed E-state index contributed by atoms with van der Waals surface area (Å²) in [5.41, 5.74) is 0.458. The highest BCUT2D eigenvalue weighted by atomic mass is 35.7. The Kier molecular flexibility index (Phi) is 3.87. The zero-order valence-corrected chi connectivity index (χ0v) is 10.5. The van der Waals surface area contributed by atoms with Crippen LogP contribution in [0.3, 0.4) is 0 Å². The van der Waals surface area contributed by atoms with Crippen molar-refractivity contribution in [3.05, 3.63) is 28.8 Å². The van der Waals surface area contributed by atoms with Gasteiger partial charge in [0.05, 0.1) is 7.11 Å². The first kappa shape index (κ1) is 12.6. The van der Waals surface area contributed by atoms with Crippen molar-refractivity contribution in [3.8, 4) is 5.75 Å². The van der Waals surface area contributed by atoms with Crippen LogP contribution >= 0.6 is 22.3 Å². The van der Waals surface area contributed by atoms with Crippen LogP contribution in [-0.2, 0) is 9.05 Å². The van der Waals surface area contributed by atoms with Gasteiger partial charge in [0.2, 0.25) is 9.05 Å². The normalized spacial score (nSPS) is 13.6. The van der Waals surface area contributed by atoms with Gasteiger partial charge in [-0.15, -0.1) is 0 Å². The largest absolute Gasteiger partial charge is 0.496 e. The predicted molar refractivity (Wildman–Crippen MR) is 61.2 cm³/mol. The molecule has 3 nitrogen and oxygen atoms in total.